The number of amides is 2. The summed E-state index contributed by atoms with van der Waals surface area (Å²) >= 11 is 0. The van der Waals surface area contributed by atoms with E-state index in [4.69, 9.17) is 9.84 Å². The number of fused-ring (bicyclic) bond motifs is 1. The molecule has 21 heavy (non-hydrogen) atoms. The minimum absolute atomic E-state index is 0.108. The lowest BCUT2D eigenvalue weighted by Crippen LogP contribution is -2.45. The van der Waals surface area contributed by atoms with Gasteiger partial charge in [0.1, 0.15) is 0 Å². The SMILES string of the molecule is CC(CO)N(C)C(=O)NC1CCCOc2c(F)cccc21. The Labute approximate surface area is 123 Å². The van der Waals surface area contributed by atoms with Gasteiger partial charge in [-0.1, -0.05) is 12.1 Å². The van der Waals surface area contributed by atoms with Crippen molar-refractivity contribution in [1.29, 1.82) is 0 Å². The average molecular weight is 296 g/mol. The molecule has 1 aliphatic rings. The van der Waals surface area contributed by atoms with Crippen molar-refractivity contribution >= 4 is 6.03 Å². The van der Waals surface area contributed by atoms with Crippen LogP contribution in [0.25, 0.3) is 0 Å². The van der Waals surface area contributed by atoms with E-state index in [-0.39, 0.29) is 30.5 Å². The minimum atomic E-state index is -0.411. The zero-order chi connectivity index (χ0) is 15.4. The first-order valence-corrected chi connectivity index (χ1v) is 7.10. The molecule has 2 atom stereocenters. The van der Waals surface area contributed by atoms with Crippen LogP contribution in [0.5, 0.6) is 5.75 Å². The summed E-state index contributed by atoms with van der Waals surface area (Å²) in [5, 5.41) is 12.0. The van der Waals surface area contributed by atoms with Crippen molar-refractivity contribution in [2.24, 2.45) is 0 Å². The van der Waals surface area contributed by atoms with Gasteiger partial charge in [0, 0.05) is 12.6 Å². The maximum atomic E-state index is 13.8. The van der Waals surface area contributed by atoms with Crippen LogP contribution in [0.2, 0.25) is 0 Å². The number of nitrogens with zero attached hydrogens (tertiary/aromatic N) is 1. The van der Waals surface area contributed by atoms with Crippen molar-refractivity contribution in [2.75, 3.05) is 20.3 Å². The van der Waals surface area contributed by atoms with E-state index in [1.807, 2.05) is 0 Å². The van der Waals surface area contributed by atoms with E-state index in [0.29, 0.717) is 18.6 Å². The average Bonchev–Trinajstić information content (AvgIpc) is 2.69. The molecule has 6 heteroatoms. The van der Waals surface area contributed by atoms with Crippen LogP contribution >= 0.6 is 0 Å². The molecule has 2 rings (SSSR count). The molecular formula is C15H21FN2O3. The van der Waals surface area contributed by atoms with Gasteiger partial charge < -0.3 is 20.1 Å². The first-order chi connectivity index (χ1) is 10.0. The molecule has 0 radical (unpaired) electrons. The van der Waals surface area contributed by atoms with Gasteiger partial charge in [-0.3, -0.25) is 0 Å². The summed E-state index contributed by atoms with van der Waals surface area (Å²) in [5.41, 5.74) is 0.658. The number of nitrogens with one attached hydrogen (secondary N) is 1. The van der Waals surface area contributed by atoms with Crippen LogP contribution in [-0.4, -0.2) is 42.3 Å². The fraction of sp³-hybridized carbons (Fsp3) is 0.533. The van der Waals surface area contributed by atoms with E-state index in [9.17, 15) is 9.18 Å². The number of para-hydroxylation sites is 1. The molecule has 0 aromatic heterocycles. The lowest BCUT2D eigenvalue weighted by molar-refractivity contribution is 0.154. The summed E-state index contributed by atoms with van der Waals surface area (Å²) in [4.78, 5) is 13.6. The topological polar surface area (TPSA) is 61.8 Å². The van der Waals surface area contributed by atoms with Crippen molar-refractivity contribution in [3.05, 3.63) is 29.6 Å². The van der Waals surface area contributed by atoms with E-state index in [2.05, 4.69) is 5.32 Å². The predicted octanol–water partition coefficient (Wildman–Crippen LogP) is 2.06. The Kier molecular flexibility index (Phi) is 5.01. The highest BCUT2D eigenvalue weighted by Crippen LogP contribution is 2.33. The van der Waals surface area contributed by atoms with Gasteiger partial charge in [-0.2, -0.15) is 0 Å². The van der Waals surface area contributed by atoms with Crippen LogP contribution in [0, 0.1) is 5.82 Å². The molecule has 1 heterocycles. The number of likely N-dealkylation sites (N-methyl/N-ethyl adjacent to an activating group) is 1. The zero-order valence-electron chi connectivity index (χ0n) is 12.3. The quantitative estimate of drug-likeness (QED) is 0.897. The van der Waals surface area contributed by atoms with E-state index in [0.717, 1.165) is 6.42 Å². The molecule has 0 fully saturated rings. The first kappa shape index (κ1) is 15.6. The number of urea groups is 1. The molecule has 0 aliphatic carbocycles. The van der Waals surface area contributed by atoms with Crippen LogP contribution in [-0.2, 0) is 0 Å². The van der Waals surface area contributed by atoms with E-state index in [1.54, 1.807) is 26.1 Å². The normalized spacial score (nSPS) is 19.0. The molecule has 116 valence electrons. The zero-order valence-corrected chi connectivity index (χ0v) is 12.3. The summed E-state index contributed by atoms with van der Waals surface area (Å²) in [6.07, 6.45) is 1.42. The molecule has 0 bridgehead atoms. The number of hydrogen-bond donors (Lipinski definition) is 2. The number of hydrogen-bond acceptors (Lipinski definition) is 3. The lowest BCUT2D eigenvalue weighted by atomic mass is 10.0. The molecule has 1 aliphatic heterocycles. The molecule has 2 unspecified atom stereocenters. The summed E-state index contributed by atoms with van der Waals surface area (Å²) in [6, 6.07) is 3.87. The molecule has 1 aromatic rings. The number of benzene rings is 1. The number of rotatable bonds is 3. The van der Waals surface area contributed by atoms with Crippen LogP contribution in [0.15, 0.2) is 18.2 Å². The van der Waals surface area contributed by atoms with Crippen molar-refractivity contribution < 1.29 is 19.0 Å². The summed E-state index contributed by atoms with van der Waals surface area (Å²) < 4.78 is 19.3. The third kappa shape index (κ3) is 3.44. The third-order valence-corrected chi connectivity index (χ3v) is 3.80. The molecule has 2 N–H and O–H groups in total. The second kappa shape index (κ2) is 6.76. The van der Waals surface area contributed by atoms with Crippen molar-refractivity contribution in [2.45, 2.75) is 31.8 Å². The Morgan fingerprint density at radius 1 is 1.62 bits per heavy atom. The molecule has 0 spiro atoms. The highest BCUT2D eigenvalue weighted by Gasteiger charge is 2.25. The number of halogens is 1. The molecule has 0 saturated heterocycles. The van der Waals surface area contributed by atoms with Gasteiger partial charge in [0.05, 0.1) is 25.3 Å². The summed E-state index contributed by atoms with van der Waals surface area (Å²) in [6.45, 7) is 2.08. The lowest BCUT2D eigenvalue weighted by Gasteiger charge is -2.27. The van der Waals surface area contributed by atoms with E-state index < -0.39 is 5.82 Å². The maximum Gasteiger partial charge on any atom is 0.317 e. The Balaban J connectivity index is 2.17. The molecule has 5 nitrogen and oxygen atoms in total. The summed E-state index contributed by atoms with van der Waals surface area (Å²) in [7, 11) is 1.62. The van der Waals surface area contributed by atoms with Gasteiger partial charge in [0.25, 0.3) is 0 Å². The maximum absolute atomic E-state index is 13.8. The highest BCUT2D eigenvalue weighted by atomic mass is 19.1. The number of carbonyl (C=O) groups excluding carboxylic acids is 1. The second-order valence-corrected chi connectivity index (χ2v) is 5.29. The monoisotopic (exact) mass is 296 g/mol. The highest BCUT2D eigenvalue weighted by molar-refractivity contribution is 5.75. The number of ether oxygens (including phenoxy) is 1. The number of carbonyl (C=O) groups is 1. The summed E-state index contributed by atoms with van der Waals surface area (Å²) in [5.74, 6) is -0.191. The van der Waals surface area contributed by atoms with Crippen molar-refractivity contribution in [1.82, 2.24) is 10.2 Å². The van der Waals surface area contributed by atoms with E-state index >= 15 is 0 Å². The fourth-order valence-corrected chi connectivity index (χ4v) is 2.29. The van der Waals surface area contributed by atoms with Gasteiger partial charge in [0.15, 0.2) is 11.6 Å². The van der Waals surface area contributed by atoms with Crippen LogP contribution in [0.1, 0.15) is 31.4 Å². The fourth-order valence-electron chi connectivity index (χ4n) is 2.29. The van der Waals surface area contributed by atoms with Gasteiger partial charge in [0.2, 0.25) is 0 Å². The molecule has 0 saturated carbocycles. The Bertz CT molecular complexity index is 510. The molecule has 2 amide bonds. The number of aliphatic hydroxyl groups excluding tert-OH is 1. The molecule has 1 aromatic carbocycles. The van der Waals surface area contributed by atoms with Crippen LogP contribution in [0.4, 0.5) is 9.18 Å². The second-order valence-electron chi connectivity index (χ2n) is 5.29. The van der Waals surface area contributed by atoms with Crippen molar-refractivity contribution in [3.8, 4) is 5.75 Å². The van der Waals surface area contributed by atoms with Crippen LogP contribution < -0.4 is 10.1 Å². The van der Waals surface area contributed by atoms with Gasteiger partial charge >= 0.3 is 6.03 Å². The first-order valence-electron chi connectivity index (χ1n) is 7.10. The smallest absolute Gasteiger partial charge is 0.317 e. The van der Waals surface area contributed by atoms with Crippen molar-refractivity contribution in [3.63, 3.8) is 0 Å². The van der Waals surface area contributed by atoms with Gasteiger partial charge in [-0.25, -0.2) is 9.18 Å². The van der Waals surface area contributed by atoms with Gasteiger partial charge in [-0.15, -0.1) is 0 Å². The van der Waals surface area contributed by atoms with Crippen LogP contribution in [0.3, 0.4) is 0 Å². The standard InChI is InChI=1S/C15H21FN2O3/c1-10(9-19)18(2)15(20)17-13-7-4-8-21-14-11(13)5-3-6-12(14)16/h3,5-6,10,13,19H,4,7-9H2,1-2H3,(H,17,20). The third-order valence-electron chi connectivity index (χ3n) is 3.80. The Morgan fingerprint density at radius 2 is 2.38 bits per heavy atom. The Hall–Kier alpha value is -1.82. The number of aliphatic hydroxyl groups is 1. The molecular weight excluding hydrogens is 275 g/mol. The largest absolute Gasteiger partial charge is 0.490 e. The predicted molar refractivity (Wildman–Crippen MR) is 76.7 cm³/mol. The minimum Gasteiger partial charge on any atom is -0.490 e. The van der Waals surface area contributed by atoms with Gasteiger partial charge in [-0.05, 0) is 25.8 Å². The Morgan fingerprint density at radius 3 is 3.10 bits per heavy atom. The van der Waals surface area contributed by atoms with E-state index in [1.165, 1.54) is 11.0 Å².